The maximum absolute atomic E-state index is 4.51. The van der Waals surface area contributed by atoms with Gasteiger partial charge in [-0.2, -0.15) is 5.10 Å². The van der Waals surface area contributed by atoms with Crippen molar-refractivity contribution in [1.82, 2.24) is 20.1 Å². The first-order valence-electron chi connectivity index (χ1n) is 7.40. The van der Waals surface area contributed by atoms with E-state index in [1.165, 1.54) is 41.1 Å². The summed E-state index contributed by atoms with van der Waals surface area (Å²) in [5.74, 6) is 0. The standard InChI is InChI=1S/C15H22N4S/c1-4-19-14-7-5-6-13(12(14)8-17-19)16-9-15-10(2)18-11(3)20-15/h8,13,16H,4-7,9H2,1-3H3/t13-/m1/s1. The van der Waals surface area contributed by atoms with Gasteiger partial charge in [-0.05, 0) is 40.0 Å². The molecule has 4 nitrogen and oxygen atoms in total. The molecule has 5 heteroatoms. The molecule has 0 aromatic carbocycles. The van der Waals surface area contributed by atoms with Gasteiger partial charge in [0.15, 0.2) is 0 Å². The second kappa shape index (κ2) is 5.66. The lowest BCUT2D eigenvalue weighted by Gasteiger charge is -2.24. The SMILES string of the molecule is CCn1ncc2c1CCC[C@H]2NCc1sc(C)nc1C. The molecule has 3 rings (SSSR count). The number of nitrogens with zero attached hydrogens (tertiary/aromatic N) is 3. The van der Waals surface area contributed by atoms with E-state index in [9.17, 15) is 0 Å². The van der Waals surface area contributed by atoms with Crippen molar-refractivity contribution in [3.8, 4) is 0 Å². The highest BCUT2D eigenvalue weighted by Crippen LogP contribution is 2.30. The van der Waals surface area contributed by atoms with E-state index < -0.39 is 0 Å². The molecule has 0 unspecified atom stereocenters. The van der Waals surface area contributed by atoms with Crippen LogP contribution in [-0.4, -0.2) is 14.8 Å². The highest BCUT2D eigenvalue weighted by molar-refractivity contribution is 7.11. The van der Waals surface area contributed by atoms with Crippen LogP contribution in [-0.2, 0) is 19.5 Å². The third-order valence-electron chi connectivity index (χ3n) is 4.07. The van der Waals surface area contributed by atoms with Crippen LogP contribution in [0.3, 0.4) is 0 Å². The average Bonchev–Trinajstić information content (AvgIpc) is 2.99. The third kappa shape index (κ3) is 2.52. The molecule has 1 atom stereocenters. The normalized spacial score (nSPS) is 18.2. The number of rotatable bonds is 4. The summed E-state index contributed by atoms with van der Waals surface area (Å²) >= 11 is 1.80. The Morgan fingerprint density at radius 2 is 2.30 bits per heavy atom. The van der Waals surface area contributed by atoms with Gasteiger partial charge in [0.05, 0.1) is 16.9 Å². The number of hydrogen-bond donors (Lipinski definition) is 1. The summed E-state index contributed by atoms with van der Waals surface area (Å²) in [6.07, 6.45) is 5.68. The van der Waals surface area contributed by atoms with Crippen molar-refractivity contribution in [2.24, 2.45) is 0 Å². The summed E-state index contributed by atoms with van der Waals surface area (Å²) in [4.78, 5) is 5.86. The van der Waals surface area contributed by atoms with Gasteiger partial charge >= 0.3 is 0 Å². The van der Waals surface area contributed by atoms with Gasteiger partial charge in [0, 0.05) is 35.3 Å². The second-order valence-electron chi connectivity index (χ2n) is 5.43. The molecule has 0 bridgehead atoms. The van der Waals surface area contributed by atoms with Gasteiger partial charge in [0.2, 0.25) is 0 Å². The molecule has 2 aromatic rings. The number of nitrogens with one attached hydrogen (secondary N) is 1. The quantitative estimate of drug-likeness (QED) is 0.940. The van der Waals surface area contributed by atoms with Crippen LogP contribution in [0.1, 0.15) is 52.6 Å². The maximum Gasteiger partial charge on any atom is 0.0900 e. The Hall–Kier alpha value is -1.20. The van der Waals surface area contributed by atoms with Crippen molar-refractivity contribution in [3.05, 3.63) is 33.0 Å². The fraction of sp³-hybridized carbons (Fsp3) is 0.600. The van der Waals surface area contributed by atoms with Crippen molar-refractivity contribution in [1.29, 1.82) is 0 Å². The molecule has 0 spiro atoms. The minimum atomic E-state index is 0.445. The monoisotopic (exact) mass is 290 g/mol. The number of fused-ring (bicyclic) bond motifs is 1. The van der Waals surface area contributed by atoms with Crippen LogP contribution in [0.5, 0.6) is 0 Å². The summed E-state index contributed by atoms with van der Waals surface area (Å²) in [5, 5.41) is 9.37. The predicted molar refractivity (Wildman–Crippen MR) is 82.0 cm³/mol. The Morgan fingerprint density at radius 3 is 3.00 bits per heavy atom. The average molecular weight is 290 g/mol. The fourth-order valence-electron chi connectivity index (χ4n) is 3.06. The zero-order chi connectivity index (χ0) is 14.1. The van der Waals surface area contributed by atoms with E-state index in [0.29, 0.717) is 6.04 Å². The van der Waals surface area contributed by atoms with E-state index in [2.05, 4.69) is 47.0 Å². The van der Waals surface area contributed by atoms with Gasteiger partial charge in [-0.3, -0.25) is 4.68 Å². The number of aromatic nitrogens is 3. The Balaban J connectivity index is 1.73. The Bertz CT molecular complexity index is 599. The lowest BCUT2D eigenvalue weighted by molar-refractivity contribution is 0.449. The molecule has 2 aromatic heterocycles. The Labute approximate surface area is 124 Å². The topological polar surface area (TPSA) is 42.7 Å². The minimum absolute atomic E-state index is 0.445. The summed E-state index contributed by atoms with van der Waals surface area (Å²) in [6, 6.07) is 0.445. The summed E-state index contributed by atoms with van der Waals surface area (Å²) in [7, 11) is 0. The van der Waals surface area contributed by atoms with Crippen LogP contribution in [0.4, 0.5) is 0 Å². The number of thiazole rings is 1. The highest BCUT2D eigenvalue weighted by atomic mass is 32.1. The number of hydrogen-bond acceptors (Lipinski definition) is 4. The molecule has 0 saturated heterocycles. The van der Waals surface area contributed by atoms with Crippen molar-refractivity contribution < 1.29 is 0 Å². The Morgan fingerprint density at radius 1 is 1.45 bits per heavy atom. The molecule has 1 N–H and O–H groups in total. The van der Waals surface area contributed by atoms with E-state index >= 15 is 0 Å². The maximum atomic E-state index is 4.51. The first-order valence-corrected chi connectivity index (χ1v) is 8.21. The number of aryl methyl sites for hydroxylation is 3. The largest absolute Gasteiger partial charge is 0.305 e. The molecule has 1 aliphatic rings. The first kappa shape index (κ1) is 13.8. The first-order chi connectivity index (χ1) is 9.69. The van der Waals surface area contributed by atoms with E-state index in [1.807, 2.05) is 0 Å². The molecule has 0 amide bonds. The third-order valence-corrected chi connectivity index (χ3v) is 5.14. The summed E-state index contributed by atoms with van der Waals surface area (Å²) < 4.78 is 2.14. The van der Waals surface area contributed by atoms with Gasteiger partial charge in [0.1, 0.15) is 0 Å². The molecular formula is C15H22N4S. The van der Waals surface area contributed by atoms with Crippen molar-refractivity contribution in [2.45, 2.75) is 59.2 Å². The Kier molecular flexibility index (Phi) is 3.89. The van der Waals surface area contributed by atoms with Crippen LogP contribution < -0.4 is 5.32 Å². The molecule has 2 heterocycles. The van der Waals surface area contributed by atoms with Gasteiger partial charge in [-0.15, -0.1) is 11.3 Å². The van der Waals surface area contributed by atoms with Crippen LogP contribution in [0.2, 0.25) is 0 Å². The van der Waals surface area contributed by atoms with E-state index in [0.717, 1.165) is 18.1 Å². The van der Waals surface area contributed by atoms with E-state index in [-0.39, 0.29) is 0 Å². The van der Waals surface area contributed by atoms with Crippen LogP contribution >= 0.6 is 11.3 Å². The van der Waals surface area contributed by atoms with Gasteiger partial charge in [0.25, 0.3) is 0 Å². The summed E-state index contributed by atoms with van der Waals surface area (Å²) in [5.41, 5.74) is 3.99. The zero-order valence-corrected chi connectivity index (χ0v) is 13.3. The molecule has 1 aliphatic carbocycles. The molecule has 20 heavy (non-hydrogen) atoms. The lowest BCUT2D eigenvalue weighted by atomic mass is 9.93. The van der Waals surface area contributed by atoms with Gasteiger partial charge < -0.3 is 5.32 Å². The smallest absolute Gasteiger partial charge is 0.0900 e. The zero-order valence-electron chi connectivity index (χ0n) is 12.4. The molecule has 0 saturated carbocycles. The molecule has 0 aliphatic heterocycles. The molecule has 108 valence electrons. The van der Waals surface area contributed by atoms with Crippen molar-refractivity contribution in [2.75, 3.05) is 0 Å². The molecule has 0 fully saturated rings. The highest BCUT2D eigenvalue weighted by Gasteiger charge is 2.23. The van der Waals surface area contributed by atoms with Crippen LogP contribution in [0, 0.1) is 13.8 Å². The predicted octanol–water partition coefficient (Wildman–Crippen LogP) is 3.14. The van der Waals surface area contributed by atoms with Crippen molar-refractivity contribution in [3.63, 3.8) is 0 Å². The van der Waals surface area contributed by atoms with E-state index in [4.69, 9.17) is 0 Å². The van der Waals surface area contributed by atoms with Crippen LogP contribution in [0.25, 0.3) is 0 Å². The molecule has 0 radical (unpaired) electrons. The fourth-order valence-corrected chi connectivity index (χ4v) is 3.94. The minimum Gasteiger partial charge on any atom is -0.305 e. The van der Waals surface area contributed by atoms with Crippen molar-refractivity contribution >= 4 is 11.3 Å². The van der Waals surface area contributed by atoms with E-state index in [1.54, 1.807) is 11.3 Å². The van der Waals surface area contributed by atoms with Crippen LogP contribution in [0.15, 0.2) is 6.20 Å². The van der Waals surface area contributed by atoms with Gasteiger partial charge in [-0.25, -0.2) is 4.98 Å². The lowest BCUT2D eigenvalue weighted by Crippen LogP contribution is -2.25. The second-order valence-corrected chi connectivity index (χ2v) is 6.72. The van der Waals surface area contributed by atoms with Gasteiger partial charge in [-0.1, -0.05) is 0 Å². The molecular weight excluding hydrogens is 268 g/mol. The summed E-state index contributed by atoms with van der Waals surface area (Å²) in [6.45, 7) is 8.22.